The van der Waals surface area contributed by atoms with E-state index in [1.165, 1.54) is 0 Å². The fourth-order valence-electron chi connectivity index (χ4n) is 2.68. The van der Waals surface area contributed by atoms with Crippen molar-refractivity contribution in [3.05, 3.63) is 24.0 Å². The maximum atomic E-state index is 12.3. The minimum atomic E-state index is -0.461. The summed E-state index contributed by atoms with van der Waals surface area (Å²) in [6, 6.07) is 4.07. The lowest BCUT2D eigenvalue weighted by Crippen LogP contribution is -2.48. The summed E-state index contributed by atoms with van der Waals surface area (Å²) in [7, 11) is 0. The van der Waals surface area contributed by atoms with E-state index in [1.807, 2.05) is 50.9 Å². The van der Waals surface area contributed by atoms with Gasteiger partial charge in [-0.25, -0.2) is 4.79 Å². The summed E-state index contributed by atoms with van der Waals surface area (Å²) in [5, 5.41) is 0. The second kappa shape index (κ2) is 7.18. The van der Waals surface area contributed by atoms with Gasteiger partial charge in [-0.1, -0.05) is 0 Å². The predicted molar refractivity (Wildman–Crippen MR) is 85.7 cm³/mol. The molecule has 1 fully saturated rings. The average Bonchev–Trinajstić information content (AvgIpc) is 2.97. The molecule has 1 N–H and O–H groups in total. The van der Waals surface area contributed by atoms with Gasteiger partial charge in [0.2, 0.25) is 0 Å². The van der Waals surface area contributed by atoms with Crippen LogP contribution in [0.2, 0.25) is 0 Å². The molecule has 1 aliphatic heterocycles. The van der Waals surface area contributed by atoms with Crippen LogP contribution >= 0.6 is 0 Å². The van der Waals surface area contributed by atoms with E-state index in [0.29, 0.717) is 6.61 Å². The number of carbonyl (C=O) groups excluding carboxylic acids is 1. The van der Waals surface area contributed by atoms with Gasteiger partial charge in [-0.05, 0) is 59.1 Å². The molecule has 1 aliphatic rings. The molecule has 2 unspecified atom stereocenters. The first-order valence-corrected chi connectivity index (χ1v) is 8.11. The quantitative estimate of drug-likeness (QED) is 0.918. The van der Waals surface area contributed by atoms with Crippen LogP contribution in [0.1, 0.15) is 58.8 Å². The SMILES string of the molecule is CC(OCC1CCCCN1C(=O)OC(C)(C)C)c1ccc[nH]1. The van der Waals surface area contributed by atoms with Crippen LogP contribution in [-0.4, -0.2) is 40.8 Å². The fourth-order valence-corrected chi connectivity index (χ4v) is 2.68. The van der Waals surface area contributed by atoms with Crippen molar-refractivity contribution in [1.29, 1.82) is 0 Å². The molecular formula is C17H28N2O3. The number of hydrogen-bond donors (Lipinski definition) is 1. The largest absolute Gasteiger partial charge is 0.444 e. The lowest BCUT2D eigenvalue weighted by atomic mass is 10.0. The van der Waals surface area contributed by atoms with Gasteiger partial charge in [0.25, 0.3) is 0 Å². The molecule has 1 amide bonds. The van der Waals surface area contributed by atoms with Crippen LogP contribution < -0.4 is 0 Å². The highest BCUT2D eigenvalue weighted by Gasteiger charge is 2.30. The van der Waals surface area contributed by atoms with Crippen LogP contribution in [-0.2, 0) is 9.47 Å². The first-order chi connectivity index (χ1) is 10.4. The molecule has 0 saturated carbocycles. The first-order valence-electron chi connectivity index (χ1n) is 8.11. The Hall–Kier alpha value is -1.49. The van der Waals surface area contributed by atoms with Gasteiger partial charge in [0.05, 0.1) is 18.8 Å². The Kier molecular flexibility index (Phi) is 5.51. The summed E-state index contributed by atoms with van der Waals surface area (Å²) in [6.45, 7) is 9.00. The molecule has 1 aromatic heterocycles. The van der Waals surface area contributed by atoms with E-state index in [-0.39, 0.29) is 18.2 Å². The lowest BCUT2D eigenvalue weighted by Gasteiger charge is -2.37. The van der Waals surface area contributed by atoms with Crippen molar-refractivity contribution < 1.29 is 14.3 Å². The van der Waals surface area contributed by atoms with E-state index in [0.717, 1.165) is 31.5 Å². The van der Waals surface area contributed by atoms with Crippen molar-refractivity contribution in [2.45, 2.75) is 64.7 Å². The van der Waals surface area contributed by atoms with Crippen molar-refractivity contribution >= 4 is 6.09 Å². The zero-order valence-electron chi connectivity index (χ0n) is 14.1. The molecule has 2 atom stereocenters. The molecule has 0 radical (unpaired) electrons. The Morgan fingerprint density at radius 1 is 1.45 bits per heavy atom. The number of amides is 1. The second-order valence-electron chi connectivity index (χ2n) is 6.92. The minimum absolute atomic E-state index is 0.00240. The standard InChI is InChI=1S/C17H28N2O3/c1-13(15-9-7-10-18-15)21-12-14-8-5-6-11-19(14)16(20)22-17(2,3)4/h7,9-10,13-14,18H,5-6,8,11-12H2,1-4H3. The van der Waals surface area contributed by atoms with Crippen molar-refractivity contribution in [1.82, 2.24) is 9.88 Å². The van der Waals surface area contributed by atoms with Crippen LogP contribution in [0.3, 0.4) is 0 Å². The monoisotopic (exact) mass is 308 g/mol. The number of nitrogens with zero attached hydrogens (tertiary/aromatic N) is 1. The summed E-state index contributed by atoms with van der Waals surface area (Å²) in [4.78, 5) is 17.3. The van der Waals surface area contributed by atoms with Gasteiger partial charge in [-0.3, -0.25) is 0 Å². The third-order valence-electron chi connectivity index (χ3n) is 3.85. The van der Waals surface area contributed by atoms with Gasteiger partial charge in [0, 0.05) is 18.4 Å². The zero-order valence-corrected chi connectivity index (χ0v) is 14.1. The number of hydrogen-bond acceptors (Lipinski definition) is 3. The molecule has 1 aromatic rings. The van der Waals surface area contributed by atoms with Crippen molar-refractivity contribution in [3.63, 3.8) is 0 Å². The smallest absolute Gasteiger partial charge is 0.410 e. The number of ether oxygens (including phenoxy) is 2. The second-order valence-corrected chi connectivity index (χ2v) is 6.92. The molecule has 0 aromatic carbocycles. The normalized spacial score (nSPS) is 20.7. The highest BCUT2D eigenvalue weighted by molar-refractivity contribution is 5.68. The third-order valence-corrected chi connectivity index (χ3v) is 3.85. The first kappa shape index (κ1) is 16.9. The van der Waals surface area contributed by atoms with E-state index in [9.17, 15) is 4.79 Å². The predicted octanol–water partition coefficient (Wildman–Crippen LogP) is 3.88. The van der Waals surface area contributed by atoms with Gasteiger partial charge in [0.1, 0.15) is 5.60 Å². The van der Waals surface area contributed by atoms with Gasteiger partial charge in [-0.15, -0.1) is 0 Å². The number of likely N-dealkylation sites (tertiary alicyclic amines) is 1. The van der Waals surface area contributed by atoms with E-state index < -0.39 is 5.60 Å². The minimum Gasteiger partial charge on any atom is -0.444 e. The zero-order chi connectivity index (χ0) is 16.2. The number of aromatic amines is 1. The molecule has 5 nitrogen and oxygen atoms in total. The number of aromatic nitrogens is 1. The Morgan fingerprint density at radius 3 is 2.86 bits per heavy atom. The van der Waals surface area contributed by atoms with E-state index >= 15 is 0 Å². The van der Waals surface area contributed by atoms with Crippen molar-refractivity contribution in [2.75, 3.05) is 13.2 Å². The topological polar surface area (TPSA) is 54.6 Å². The number of H-pyrrole nitrogens is 1. The average molecular weight is 308 g/mol. The van der Waals surface area contributed by atoms with E-state index in [4.69, 9.17) is 9.47 Å². The fraction of sp³-hybridized carbons (Fsp3) is 0.706. The van der Waals surface area contributed by atoms with Crippen molar-refractivity contribution in [2.24, 2.45) is 0 Å². The van der Waals surface area contributed by atoms with Crippen LogP contribution in [0, 0.1) is 0 Å². The summed E-state index contributed by atoms with van der Waals surface area (Å²) < 4.78 is 11.5. The lowest BCUT2D eigenvalue weighted by molar-refractivity contribution is -0.0217. The molecule has 22 heavy (non-hydrogen) atoms. The van der Waals surface area contributed by atoms with Crippen LogP contribution in [0.25, 0.3) is 0 Å². The van der Waals surface area contributed by atoms with Crippen LogP contribution in [0.4, 0.5) is 4.79 Å². The maximum Gasteiger partial charge on any atom is 0.410 e. The molecule has 124 valence electrons. The Balaban J connectivity index is 1.90. The Morgan fingerprint density at radius 2 is 2.23 bits per heavy atom. The molecule has 1 saturated heterocycles. The molecule has 0 spiro atoms. The molecule has 0 bridgehead atoms. The summed E-state index contributed by atoms with van der Waals surface area (Å²) in [5.41, 5.74) is 0.594. The van der Waals surface area contributed by atoms with Gasteiger partial charge in [-0.2, -0.15) is 0 Å². The summed E-state index contributed by atoms with van der Waals surface area (Å²) >= 11 is 0. The van der Waals surface area contributed by atoms with Gasteiger partial charge in [0.15, 0.2) is 0 Å². The summed E-state index contributed by atoms with van der Waals surface area (Å²) in [5.74, 6) is 0. The molecule has 5 heteroatoms. The third kappa shape index (κ3) is 4.77. The van der Waals surface area contributed by atoms with Gasteiger partial charge >= 0.3 is 6.09 Å². The van der Waals surface area contributed by atoms with Gasteiger partial charge < -0.3 is 19.4 Å². The number of piperidine rings is 1. The highest BCUT2D eigenvalue weighted by atomic mass is 16.6. The maximum absolute atomic E-state index is 12.3. The Bertz CT molecular complexity index is 465. The van der Waals surface area contributed by atoms with E-state index in [1.54, 1.807) is 0 Å². The van der Waals surface area contributed by atoms with Crippen LogP contribution in [0.5, 0.6) is 0 Å². The number of nitrogens with one attached hydrogen (secondary N) is 1. The number of carbonyl (C=O) groups is 1. The van der Waals surface area contributed by atoms with Crippen LogP contribution in [0.15, 0.2) is 18.3 Å². The number of rotatable bonds is 4. The molecule has 2 rings (SSSR count). The Labute approximate surface area is 133 Å². The molecular weight excluding hydrogens is 280 g/mol. The van der Waals surface area contributed by atoms with Crippen molar-refractivity contribution in [3.8, 4) is 0 Å². The highest BCUT2D eigenvalue weighted by Crippen LogP contribution is 2.23. The van der Waals surface area contributed by atoms with E-state index in [2.05, 4.69) is 4.98 Å². The molecule has 2 heterocycles. The summed E-state index contributed by atoms with van der Waals surface area (Å²) in [6.07, 6.45) is 4.79. The molecule has 0 aliphatic carbocycles.